The van der Waals surface area contributed by atoms with Gasteiger partial charge in [0.25, 0.3) is 0 Å². The maximum Gasteiger partial charge on any atom is 0.0891 e. The van der Waals surface area contributed by atoms with E-state index >= 15 is 0 Å². The van der Waals surface area contributed by atoms with Crippen LogP contribution in [-0.4, -0.2) is 11.1 Å². The highest BCUT2D eigenvalue weighted by molar-refractivity contribution is 5.03. The number of ether oxygens (including phenoxy) is 1. The molecule has 2 nitrogen and oxygen atoms in total. The Bertz CT molecular complexity index is 388. The summed E-state index contributed by atoms with van der Waals surface area (Å²) in [6.45, 7) is 0.702. The van der Waals surface area contributed by atoms with Crippen LogP contribution < -0.4 is 0 Å². The fourth-order valence-electron chi connectivity index (χ4n) is 4.81. The van der Waals surface area contributed by atoms with Crippen molar-refractivity contribution in [3.05, 3.63) is 30.1 Å². The summed E-state index contributed by atoms with van der Waals surface area (Å²) in [6, 6.07) is 6.07. The van der Waals surface area contributed by atoms with Gasteiger partial charge in [0.2, 0.25) is 0 Å². The van der Waals surface area contributed by atoms with Crippen molar-refractivity contribution in [2.24, 2.45) is 23.7 Å². The molecule has 0 aliphatic heterocycles. The van der Waals surface area contributed by atoms with Gasteiger partial charge in [0, 0.05) is 6.20 Å². The molecule has 4 bridgehead atoms. The van der Waals surface area contributed by atoms with E-state index in [0.717, 1.165) is 29.4 Å². The molecular weight excluding hydrogens is 222 g/mol. The van der Waals surface area contributed by atoms with Crippen molar-refractivity contribution in [3.63, 3.8) is 0 Å². The van der Waals surface area contributed by atoms with Gasteiger partial charge < -0.3 is 4.74 Å². The highest BCUT2D eigenvalue weighted by atomic mass is 16.5. The molecule has 1 aromatic heterocycles. The van der Waals surface area contributed by atoms with Crippen molar-refractivity contribution < 1.29 is 4.74 Å². The predicted molar refractivity (Wildman–Crippen MR) is 69.9 cm³/mol. The number of hydrogen-bond donors (Lipinski definition) is 0. The molecule has 18 heavy (non-hydrogen) atoms. The van der Waals surface area contributed by atoms with Crippen LogP contribution in [0.15, 0.2) is 24.4 Å². The van der Waals surface area contributed by atoms with Crippen LogP contribution in [-0.2, 0) is 11.3 Å². The third-order valence-electron chi connectivity index (χ3n) is 5.29. The molecule has 0 aromatic carbocycles. The molecule has 4 aliphatic carbocycles. The summed E-state index contributed by atoms with van der Waals surface area (Å²) in [7, 11) is 0. The minimum absolute atomic E-state index is 0.528. The summed E-state index contributed by atoms with van der Waals surface area (Å²) in [5, 5.41) is 0. The Morgan fingerprint density at radius 1 is 1.00 bits per heavy atom. The molecule has 4 aliphatic rings. The number of hydrogen-bond acceptors (Lipinski definition) is 2. The molecule has 1 aromatic rings. The maximum absolute atomic E-state index is 6.24. The molecule has 0 radical (unpaired) electrons. The Labute approximate surface area is 109 Å². The Hall–Kier alpha value is -0.890. The second-order valence-corrected chi connectivity index (χ2v) is 6.53. The smallest absolute Gasteiger partial charge is 0.0891 e. The molecule has 0 N–H and O–H groups in total. The zero-order valence-corrected chi connectivity index (χ0v) is 10.8. The van der Waals surface area contributed by atoms with Gasteiger partial charge in [-0.3, -0.25) is 4.98 Å². The Balaban J connectivity index is 1.43. The van der Waals surface area contributed by atoms with Crippen molar-refractivity contribution in [1.82, 2.24) is 4.98 Å². The van der Waals surface area contributed by atoms with Gasteiger partial charge in [-0.15, -0.1) is 0 Å². The molecule has 4 fully saturated rings. The van der Waals surface area contributed by atoms with E-state index < -0.39 is 0 Å². The van der Waals surface area contributed by atoms with E-state index in [-0.39, 0.29) is 0 Å². The molecule has 96 valence electrons. The minimum Gasteiger partial charge on any atom is -0.371 e. The van der Waals surface area contributed by atoms with Gasteiger partial charge in [0.1, 0.15) is 0 Å². The topological polar surface area (TPSA) is 22.1 Å². The number of rotatable bonds is 3. The van der Waals surface area contributed by atoms with Crippen LogP contribution in [0, 0.1) is 23.7 Å². The van der Waals surface area contributed by atoms with E-state index in [0.29, 0.717) is 12.7 Å². The fraction of sp³-hybridized carbons (Fsp3) is 0.688. The third-order valence-corrected chi connectivity index (χ3v) is 5.29. The second kappa shape index (κ2) is 4.34. The summed E-state index contributed by atoms with van der Waals surface area (Å²) < 4.78 is 6.24. The van der Waals surface area contributed by atoms with Gasteiger partial charge in [-0.05, 0) is 67.9 Å². The van der Waals surface area contributed by atoms with Crippen LogP contribution in [0.1, 0.15) is 37.8 Å². The van der Waals surface area contributed by atoms with E-state index in [1.165, 1.54) is 32.1 Å². The lowest BCUT2D eigenvalue weighted by Crippen LogP contribution is -2.49. The van der Waals surface area contributed by atoms with E-state index in [4.69, 9.17) is 4.74 Å². The van der Waals surface area contributed by atoms with E-state index in [1.807, 2.05) is 18.3 Å². The van der Waals surface area contributed by atoms with Crippen LogP contribution >= 0.6 is 0 Å². The molecule has 0 saturated heterocycles. The molecule has 0 amide bonds. The summed E-state index contributed by atoms with van der Waals surface area (Å²) in [4.78, 5) is 4.36. The van der Waals surface area contributed by atoms with E-state index in [2.05, 4.69) is 11.1 Å². The van der Waals surface area contributed by atoms with Crippen LogP contribution in [0.4, 0.5) is 0 Å². The fourth-order valence-corrected chi connectivity index (χ4v) is 4.81. The van der Waals surface area contributed by atoms with Gasteiger partial charge in [0.15, 0.2) is 0 Å². The summed E-state index contributed by atoms with van der Waals surface area (Å²) in [5.41, 5.74) is 1.08. The first-order valence-corrected chi connectivity index (χ1v) is 7.40. The van der Waals surface area contributed by atoms with Gasteiger partial charge >= 0.3 is 0 Å². The molecule has 1 heterocycles. The van der Waals surface area contributed by atoms with Crippen molar-refractivity contribution in [2.75, 3.05) is 0 Å². The molecule has 2 heteroatoms. The monoisotopic (exact) mass is 243 g/mol. The first-order valence-electron chi connectivity index (χ1n) is 7.40. The molecule has 0 unspecified atom stereocenters. The molecule has 5 rings (SSSR count). The van der Waals surface area contributed by atoms with Crippen molar-refractivity contribution in [1.29, 1.82) is 0 Å². The second-order valence-electron chi connectivity index (χ2n) is 6.53. The van der Waals surface area contributed by atoms with Crippen molar-refractivity contribution in [3.8, 4) is 0 Å². The Morgan fingerprint density at radius 3 is 2.33 bits per heavy atom. The molecule has 0 spiro atoms. The first-order chi connectivity index (χ1) is 8.88. The zero-order valence-electron chi connectivity index (χ0n) is 10.8. The Morgan fingerprint density at radius 2 is 1.72 bits per heavy atom. The van der Waals surface area contributed by atoms with Gasteiger partial charge in [-0.25, -0.2) is 0 Å². The van der Waals surface area contributed by atoms with Crippen molar-refractivity contribution >= 4 is 0 Å². The lowest BCUT2D eigenvalue weighted by molar-refractivity contribution is -0.132. The number of pyridine rings is 1. The highest BCUT2D eigenvalue weighted by Crippen LogP contribution is 2.54. The number of nitrogens with zero attached hydrogens (tertiary/aromatic N) is 1. The van der Waals surface area contributed by atoms with E-state index in [9.17, 15) is 0 Å². The lowest BCUT2D eigenvalue weighted by Gasteiger charge is -2.53. The van der Waals surface area contributed by atoms with Crippen LogP contribution in [0.5, 0.6) is 0 Å². The SMILES string of the molecule is c1ccc(COC2C3CC4CC(C3)CC2C4)nc1. The quantitative estimate of drug-likeness (QED) is 0.811. The molecular formula is C16H21NO. The largest absolute Gasteiger partial charge is 0.371 e. The first kappa shape index (κ1) is 11.0. The zero-order chi connectivity index (χ0) is 11.9. The maximum atomic E-state index is 6.24. The van der Waals surface area contributed by atoms with Crippen LogP contribution in [0.25, 0.3) is 0 Å². The average Bonchev–Trinajstić information content (AvgIpc) is 2.38. The van der Waals surface area contributed by atoms with Crippen LogP contribution in [0.3, 0.4) is 0 Å². The van der Waals surface area contributed by atoms with E-state index in [1.54, 1.807) is 0 Å². The summed E-state index contributed by atoms with van der Waals surface area (Å²) in [5.74, 6) is 3.76. The Kier molecular flexibility index (Phi) is 2.65. The standard InChI is InChI=1S/C16H21NO/c1-2-4-17-15(3-1)10-18-16-13-6-11-5-12(8-13)9-14(16)7-11/h1-4,11-14,16H,5-10H2. The summed E-state index contributed by atoms with van der Waals surface area (Å²) in [6.07, 6.45) is 9.62. The predicted octanol–water partition coefficient (Wildman–Crippen LogP) is 3.42. The average molecular weight is 243 g/mol. The molecule has 4 saturated carbocycles. The number of aromatic nitrogens is 1. The molecule has 0 atom stereocenters. The minimum atomic E-state index is 0.528. The van der Waals surface area contributed by atoms with Crippen LogP contribution in [0.2, 0.25) is 0 Å². The normalized spacial score (nSPS) is 41.2. The van der Waals surface area contributed by atoms with Gasteiger partial charge in [-0.2, -0.15) is 0 Å². The van der Waals surface area contributed by atoms with Gasteiger partial charge in [0.05, 0.1) is 18.4 Å². The van der Waals surface area contributed by atoms with Crippen molar-refractivity contribution in [2.45, 2.75) is 44.8 Å². The highest BCUT2D eigenvalue weighted by Gasteiger charge is 2.48. The van der Waals surface area contributed by atoms with Gasteiger partial charge in [-0.1, -0.05) is 6.07 Å². The third kappa shape index (κ3) is 1.87. The lowest BCUT2D eigenvalue weighted by atomic mass is 9.55. The summed E-state index contributed by atoms with van der Waals surface area (Å²) >= 11 is 0.